The highest BCUT2D eigenvalue weighted by atomic mass is 16.5. The zero-order chi connectivity index (χ0) is 19.2. The lowest BCUT2D eigenvalue weighted by Crippen LogP contribution is -2.46. The first-order valence-electron chi connectivity index (χ1n) is 7.95. The second kappa shape index (κ2) is 8.34. The molecule has 0 aliphatic rings. The third kappa shape index (κ3) is 6.68. The molecule has 1 aromatic rings. The molecule has 0 aliphatic carbocycles. The smallest absolute Gasteiger partial charge is 0.349 e. The number of amides is 1. The molecular formula is C19H25N3O3. The molecule has 6 heteroatoms. The van der Waals surface area contributed by atoms with Gasteiger partial charge in [-0.3, -0.25) is 4.79 Å². The van der Waals surface area contributed by atoms with Crippen molar-refractivity contribution in [2.75, 3.05) is 19.0 Å². The molecule has 1 N–H and O–H groups in total. The second-order valence-electron chi connectivity index (χ2n) is 6.94. The third-order valence-corrected chi connectivity index (χ3v) is 3.21. The topological polar surface area (TPSA) is 82.4 Å². The summed E-state index contributed by atoms with van der Waals surface area (Å²) >= 11 is 0. The lowest BCUT2D eigenvalue weighted by Gasteiger charge is -2.23. The van der Waals surface area contributed by atoms with Crippen LogP contribution < -0.4 is 10.2 Å². The first-order valence-corrected chi connectivity index (χ1v) is 7.95. The Bertz CT molecular complexity index is 692. The highest BCUT2D eigenvalue weighted by Crippen LogP contribution is 2.15. The summed E-state index contributed by atoms with van der Waals surface area (Å²) < 4.78 is 5.10. The van der Waals surface area contributed by atoms with E-state index >= 15 is 0 Å². The maximum Gasteiger partial charge on any atom is 0.349 e. The molecule has 0 saturated heterocycles. The fourth-order valence-electron chi connectivity index (χ4n) is 1.92. The van der Waals surface area contributed by atoms with E-state index in [0.29, 0.717) is 5.56 Å². The molecule has 0 saturated carbocycles. The molecule has 0 aromatic heterocycles. The van der Waals surface area contributed by atoms with Crippen molar-refractivity contribution in [1.29, 1.82) is 5.26 Å². The number of carbonyl (C=O) groups excluding carboxylic acids is 2. The summed E-state index contributed by atoms with van der Waals surface area (Å²) in [7, 11) is 3.85. The molecule has 0 bridgehead atoms. The molecule has 0 spiro atoms. The van der Waals surface area contributed by atoms with Gasteiger partial charge in [-0.2, -0.15) is 5.26 Å². The zero-order valence-electron chi connectivity index (χ0n) is 15.6. The number of benzene rings is 1. The Balaban J connectivity index is 2.83. The summed E-state index contributed by atoms with van der Waals surface area (Å²) in [6.07, 6.45) is 0.454. The van der Waals surface area contributed by atoms with Crippen molar-refractivity contribution in [1.82, 2.24) is 5.32 Å². The van der Waals surface area contributed by atoms with Crippen molar-refractivity contribution in [3.8, 4) is 6.07 Å². The predicted octanol–water partition coefficient (Wildman–Crippen LogP) is 2.51. The molecule has 0 aliphatic heterocycles. The summed E-state index contributed by atoms with van der Waals surface area (Å²) in [6, 6.07) is 9.19. The van der Waals surface area contributed by atoms with Crippen LogP contribution in [-0.2, 0) is 14.3 Å². The van der Waals surface area contributed by atoms with Crippen LogP contribution in [0.1, 0.15) is 33.3 Å². The van der Waals surface area contributed by atoms with E-state index in [1.54, 1.807) is 12.1 Å². The number of esters is 1. The molecule has 0 radical (unpaired) electrons. The van der Waals surface area contributed by atoms with Crippen LogP contribution in [0.2, 0.25) is 0 Å². The van der Waals surface area contributed by atoms with E-state index < -0.39 is 23.5 Å². The molecule has 1 aromatic carbocycles. The summed E-state index contributed by atoms with van der Waals surface area (Å²) in [5, 5.41) is 11.9. The molecule has 1 atom stereocenters. The Labute approximate surface area is 149 Å². The lowest BCUT2D eigenvalue weighted by atomic mass is 10.1. The van der Waals surface area contributed by atoms with E-state index in [9.17, 15) is 14.9 Å². The maximum absolute atomic E-state index is 12.1. The van der Waals surface area contributed by atoms with Crippen LogP contribution >= 0.6 is 0 Å². The minimum absolute atomic E-state index is 0.159. The van der Waals surface area contributed by atoms with E-state index in [-0.39, 0.29) is 5.57 Å². The first-order chi connectivity index (χ1) is 11.5. The largest absolute Gasteiger partial charge is 0.448 e. The van der Waals surface area contributed by atoms with Crippen molar-refractivity contribution in [3.05, 3.63) is 35.4 Å². The van der Waals surface area contributed by atoms with Crippen LogP contribution in [0.5, 0.6) is 0 Å². The average Bonchev–Trinajstić information content (AvgIpc) is 2.51. The van der Waals surface area contributed by atoms with Crippen molar-refractivity contribution in [3.63, 3.8) is 0 Å². The summed E-state index contributed by atoms with van der Waals surface area (Å²) in [5.41, 5.74) is 1.12. The average molecular weight is 343 g/mol. The Morgan fingerprint density at radius 2 is 1.80 bits per heavy atom. The van der Waals surface area contributed by atoms with Crippen molar-refractivity contribution >= 4 is 23.6 Å². The molecule has 0 fully saturated rings. The Morgan fingerprint density at radius 1 is 1.24 bits per heavy atom. The van der Waals surface area contributed by atoms with Crippen molar-refractivity contribution in [2.24, 2.45) is 0 Å². The molecule has 0 heterocycles. The Hall–Kier alpha value is -2.81. The quantitative estimate of drug-likeness (QED) is 0.505. The molecule has 0 unspecified atom stereocenters. The number of nitrogens with one attached hydrogen (secondary N) is 1. The van der Waals surface area contributed by atoms with Gasteiger partial charge in [-0.15, -0.1) is 0 Å². The number of nitriles is 1. The van der Waals surface area contributed by atoms with E-state index in [2.05, 4.69) is 5.32 Å². The minimum Gasteiger partial charge on any atom is -0.448 e. The summed E-state index contributed by atoms with van der Waals surface area (Å²) in [5.74, 6) is -1.23. The van der Waals surface area contributed by atoms with E-state index in [0.717, 1.165) is 5.69 Å². The first kappa shape index (κ1) is 20.2. The maximum atomic E-state index is 12.1. The normalized spacial score (nSPS) is 12.8. The van der Waals surface area contributed by atoms with Gasteiger partial charge in [-0.25, -0.2) is 4.79 Å². The number of nitrogens with zero attached hydrogens (tertiary/aromatic N) is 2. The minimum atomic E-state index is -0.986. The van der Waals surface area contributed by atoms with E-state index in [1.807, 2.05) is 58.0 Å². The third-order valence-electron chi connectivity index (χ3n) is 3.21. The number of rotatable bonds is 5. The number of hydrogen-bond acceptors (Lipinski definition) is 5. The Kier molecular flexibility index (Phi) is 6.75. The fourth-order valence-corrected chi connectivity index (χ4v) is 1.92. The highest BCUT2D eigenvalue weighted by molar-refractivity contribution is 5.99. The van der Waals surface area contributed by atoms with Gasteiger partial charge >= 0.3 is 5.97 Å². The summed E-state index contributed by atoms with van der Waals surface area (Å²) in [4.78, 5) is 26.0. The van der Waals surface area contributed by atoms with Gasteiger partial charge in [0.2, 0.25) is 0 Å². The second-order valence-corrected chi connectivity index (χ2v) is 6.94. The van der Waals surface area contributed by atoms with Crippen LogP contribution in [0.25, 0.3) is 6.08 Å². The van der Waals surface area contributed by atoms with Crippen LogP contribution in [0.4, 0.5) is 5.69 Å². The van der Waals surface area contributed by atoms with Crippen molar-refractivity contribution < 1.29 is 14.3 Å². The van der Waals surface area contributed by atoms with E-state index in [4.69, 9.17) is 4.74 Å². The fraction of sp³-hybridized carbons (Fsp3) is 0.421. The van der Waals surface area contributed by atoms with Gasteiger partial charge in [0.1, 0.15) is 11.6 Å². The number of carbonyl (C=O) groups is 2. The monoisotopic (exact) mass is 343 g/mol. The van der Waals surface area contributed by atoms with Gasteiger partial charge in [0.25, 0.3) is 5.91 Å². The predicted molar refractivity (Wildman–Crippen MR) is 97.8 cm³/mol. The molecule has 134 valence electrons. The molecule has 1 amide bonds. The van der Waals surface area contributed by atoms with Gasteiger partial charge in [-0.1, -0.05) is 12.1 Å². The van der Waals surface area contributed by atoms with Crippen molar-refractivity contribution in [2.45, 2.75) is 39.3 Å². The van der Waals surface area contributed by atoms with Gasteiger partial charge in [0.15, 0.2) is 6.10 Å². The zero-order valence-corrected chi connectivity index (χ0v) is 15.6. The number of hydrogen-bond donors (Lipinski definition) is 1. The number of anilines is 1. The molecule has 1 rings (SSSR count). The standard InChI is InChI=1S/C19H25N3O3/c1-13(17(23)21-19(2,3)4)25-18(24)15(12-20)11-14-7-9-16(10-8-14)22(5)6/h7-11,13H,1-6H3,(H,21,23)/b15-11+/t13-/m0/s1. The summed E-state index contributed by atoms with van der Waals surface area (Å²) in [6.45, 7) is 6.96. The Morgan fingerprint density at radius 3 is 2.24 bits per heavy atom. The van der Waals surface area contributed by atoms with Crippen LogP contribution in [0.15, 0.2) is 29.8 Å². The van der Waals surface area contributed by atoms with Gasteiger partial charge in [0.05, 0.1) is 0 Å². The van der Waals surface area contributed by atoms with Crippen LogP contribution in [0, 0.1) is 11.3 Å². The van der Waals surface area contributed by atoms with Crippen LogP contribution in [-0.4, -0.2) is 37.6 Å². The molecule has 6 nitrogen and oxygen atoms in total. The van der Waals surface area contributed by atoms with Crippen LogP contribution in [0.3, 0.4) is 0 Å². The van der Waals surface area contributed by atoms with Gasteiger partial charge < -0.3 is 15.0 Å². The highest BCUT2D eigenvalue weighted by Gasteiger charge is 2.23. The van der Waals surface area contributed by atoms with Gasteiger partial charge in [0, 0.05) is 25.3 Å². The number of ether oxygens (including phenoxy) is 1. The van der Waals surface area contributed by atoms with E-state index in [1.165, 1.54) is 13.0 Å². The molecular weight excluding hydrogens is 318 g/mol. The van der Waals surface area contributed by atoms with Gasteiger partial charge in [-0.05, 0) is 51.5 Å². The SMILES string of the molecule is C[C@H](OC(=O)/C(C#N)=C/c1ccc(N(C)C)cc1)C(=O)NC(C)(C)C. The lowest BCUT2D eigenvalue weighted by molar-refractivity contribution is -0.151. The molecule has 25 heavy (non-hydrogen) atoms.